The number of nitrogens with zero attached hydrogens (tertiary/aromatic N) is 5. The van der Waals surface area contributed by atoms with Gasteiger partial charge in [-0.1, -0.05) is 49.7 Å². The first kappa shape index (κ1) is 22.6. The highest BCUT2D eigenvalue weighted by Gasteiger charge is 2.43. The van der Waals surface area contributed by atoms with E-state index in [2.05, 4.69) is 29.7 Å². The lowest BCUT2D eigenvalue weighted by Crippen LogP contribution is -2.59. The maximum Gasteiger partial charge on any atom is 0.259 e. The van der Waals surface area contributed by atoms with Gasteiger partial charge in [0.2, 0.25) is 5.96 Å². The summed E-state index contributed by atoms with van der Waals surface area (Å²) in [6, 6.07) is 17.6. The minimum Gasteiger partial charge on any atom is -0.315 e. The fourth-order valence-corrected chi connectivity index (χ4v) is 5.09. The fraction of sp³-hybridized carbons (Fsp3) is 0.370. The van der Waals surface area contributed by atoms with Gasteiger partial charge in [0.1, 0.15) is 0 Å². The first-order valence-corrected chi connectivity index (χ1v) is 12.0. The van der Waals surface area contributed by atoms with Gasteiger partial charge in [-0.15, -0.1) is 0 Å². The van der Waals surface area contributed by atoms with Gasteiger partial charge in [-0.3, -0.25) is 19.6 Å². The van der Waals surface area contributed by atoms with Crippen molar-refractivity contribution in [3.63, 3.8) is 0 Å². The van der Waals surface area contributed by atoms with E-state index in [1.807, 2.05) is 53.4 Å². The number of nitriles is 1. The Morgan fingerprint density at radius 2 is 1.91 bits per heavy atom. The molecule has 0 saturated heterocycles. The number of amides is 1. The van der Waals surface area contributed by atoms with E-state index >= 15 is 0 Å². The molecule has 0 saturated carbocycles. The normalized spacial score (nSPS) is 19.9. The van der Waals surface area contributed by atoms with Crippen LogP contribution < -0.4 is 0 Å². The van der Waals surface area contributed by atoms with E-state index in [1.165, 1.54) is 0 Å². The third-order valence-corrected chi connectivity index (χ3v) is 6.91. The van der Waals surface area contributed by atoms with Crippen molar-refractivity contribution < 1.29 is 4.79 Å². The van der Waals surface area contributed by atoms with Gasteiger partial charge in [0.25, 0.3) is 5.91 Å². The Morgan fingerprint density at radius 3 is 2.68 bits per heavy atom. The Labute approximate surface area is 205 Å². The Bertz CT molecular complexity index is 1220. The first-order chi connectivity index (χ1) is 16.3. The zero-order valence-electron chi connectivity index (χ0n) is 19.6. The van der Waals surface area contributed by atoms with E-state index in [0.29, 0.717) is 36.8 Å². The van der Waals surface area contributed by atoms with Crippen molar-refractivity contribution in [2.45, 2.75) is 33.4 Å². The molecule has 0 spiro atoms. The number of guanidine groups is 1. The summed E-state index contributed by atoms with van der Waals surface area (Å²) in [7, 11) is 0. The summed E-state index contributed by atoms with van der Waals surface area (Å²) in [5, 5.41) is 9.91. The van der Waals surface area contributed by atoms with Crippen LogP contribution in [-0.4, -0.2) is 52.7 Å². The van der Waals surface area contributed by atoms with Crippen LogP contribution in [0.5, 0.6) is 0 Å². The second-order valence-corrected chi connectivity index (χ2v) is 10.5. The maximum atomic E-state index is 13.8. The molecule has 0 unspecified atom stereocenters. The molecule has 0 atom stereocenters. The molecule has 1 amide bonds. The second-order valence-electron chi connectivity index (χ2n) is 10.1. The number of fused-ring (bicyclic) bond motifs is 2. The molecule has 7 heteroatoms. The van der Waals surface area contributed by atoms with Crippen molar-refractivity contribution in [2.75, 3.05) is 26.2 Å². The van der Waals surface area contributed by atoms with Crippen molar-refractivity contribution >= 4 is 23.5 Å². The van der Waals surface area contributed by atoms with Crippen LogP contribution in [0.4, 0.5) is 0 Å². The molecule has 34 heavy (non-hydrogen) atoms. The lowest BCUT2D eigenvalue weighted by atomic mass is 9.89. The summed E-state index contributed by atoms with van der Waals surface area (Å²) in [6.07, 6.45) is 0.808. The molecular formula is C27H28ClN5O. The molecule has 174 valence electrons. The molecule has 3 aliphatic rings. The van der Waals surface area contributed by atoms with Gasteiger partial charge >= 0.3 is 0 Å². The average molecular weight is 474 g/mol. The van der Waals surface area contributed by atoms with Crippen LogP contribution in [0.2, 0.25) is 5.02 Å². The minimum absolute atomic E-state index is 0.0372. The van der Waals surface area contributed by atoms with E-state index in [0.717, 1.165) is 47.9 Å². The molecule has 0 fully saturated rings. The van der Waals surface area contributed by atoms with Crippen LogP contribution in [0.15, 0.2) is 64.8 Å². The average Bonchev–Trinajstić information content (AvgIpc) is 2.83. The summed E-state index contributed by atoms with van der Waals surface area (Å²) in [4.78, 5) is 25.1. The van der Waals surface area contributed by atoms with Crippen molar-refractivity contribution in [1.29, 1.82) is 5.26 Å². The molecule has 0 aromatic heterocycles. The largest absolute Gasteiger partial charge is 0.315 e. The lowest BCUT2D eigenvalue weighted by Gasteiger charge is -2.48. The Morgan fingerprint density at radius 1 is 1.12 bits per heavy atom. The summed E-state index contributed by atoms with van der Waals surface area (Å²) < 4.78 is 0. The number of benzene rings is 2. The summed E-state index contributed by atoms with van der Waals surface area (Å²) in [6.45, 7) is 8.63. The molecule has 2 aromatic carbocycles. The van der Waals surface area contributed by atoms with Crippen LogP contribution in [0.1, 0.15) is 37.0 Å². The molecule has 3 aliphatic heterocycles. The first-order valence-electron chi connectivity index (χ1n) is 11.6. The SMILES string of the molecule is CC1(C)CN=C2N(Cc3ccc(Cl)cc3)C(=O)C3=C(CCN(Cc4cccc(C#N)c4)C3)N2C1. The topological polar surface area (TPSA) is 62.9 Å². The predicted octanol–water partition coefficient (Wildman–Crippen LogP) is 4.41. The highest BCUT2D eigenvalue weighted by atomic mass is 35.5. The van der Waals surface area contributed by atoms with Gasteiger partial charge in [-0.05, 0) is 35.4 Å². The highest BCUT2D eigenvalue weighted by Crippen LogP contribution is 2.35. The predicted molar refractivity (Wildman–Crippen MR) is 133 cm³/mol. The van der Waals surface area contributed by atoms with Gasteiger partial charge in [0.15, 0.2) is 0 Å². The number of carbonyl (C=O) groups excluding carboxylic acids is 1. The van der Waals surface area contributed by atoms with E-state index in [-0.39, 0.29) is 11.3 Å². The van der Waals surface area contributed by atoms with E-state index in [4.69, 9.17) is 16.6 Å². The van der Waals surface area contributed by atoms with Gasteiger partial charge in [0, 0.05) is 55.3 Å². The third kappa shape index (κ3) is 4.46. The van der Waals surface area contributed by atoms with Crippen molar-refractivity contribution in [3.8, 4) is 6.07 Å². The molecule has 0 N–H and O–H groups in total. The molecule has 5 rings (SSSR count). The second kappa shape index (κ2) is 8.90. The van der Waals surface area contributed by atoms with Crippen LogP contribution in [0.25, 0.3) is 0 Å². The molecule has 6 nitrogen and oxygen atoms in total. The molecule has 2 aromatic rings. The lowest BCUT2D eigenvalue weighted by molar-refractivity contribution is -0.126. The van der Waals surface area contributed by atoms with E-state index in [1.54, 1.807) is 0 Å². The Kier molecular flexibility index (Phi) is 5.93. The van der Waals surface area contributed by atoms with Crippen LogP contribution in [0.3, 0.4) is 0 Å². The summed E-state index contributed by atoms with van der Waals surface area (Å²) in [5.41, 5.74) is 4.79. The molecule has 0 bridgehead atoms. The quantitative estimate of drug-likeness (QED) is 0.659. The Balaban J connectivity index is 1.45. The Hall–Kier alpha value is -3.14. The maximum absolute atomic E-state index is 13.8. The van der Waals surface area contributed by atoms with Crippen molar-refractivity contribution in [3.05, 3.63) is 81.5 Å². The van der Waals surface area contributed by atoms with Gasteiger partial charge in [0.05, 0.1) is 23.8 Å². The van der Waals surface area contributed by atoms with Gasteiger partial charge < -0.3 is 4.90 Å². The fourth-order valence-electron chi connectivity index (χ4n) is 4.96. The zero-order valence-corrected chi connectivity index (χ0v) is 20.3. The minimum atomic E-state index is 0.0372. The summed E-state index contributed by atoms with van der Waals surface area (Å²) in [5.74, 6) is 0.809. The van der Waals surface area contributed by atoms with Crippen molar-refractivity contribution in [1.82, 2.24) is 14.7 Å². The van der Waals surface area contributed by atoms with Gasteiger partial charge in [-0.2, -0.15) is 5.26 Å². The zero-order chi connectivity index (χ0) is 23.9. The standard InChI is InChI=1S/C27H28ClN5O/c1-27(2)17-30-26-32(15-19-6-8-22(28)9-7-19)25(34)23-16-31(11-10-24(23)33(26)18-27)14-21-5-3-4-20(12-21)13-29/h3-9,12H,10-11,14-18H2,1-2H3. The molecule has 3 heterocycles. The third-order valence-electron chi connectivity index (χ3n) is 6.66. The number of hydrogen-bond donors (Lipinski definition) is 0. The van der Waals surface area contributed by atoms with Crippen LogP contribution in [-0.2, 0) is 17.9 Å². The number of rotatable bonds is 4. The van der Waals surface area contributed by atoms with Crippen LogP contribution in [0, 0.1) is 16.7 Å². The van der Waals surface area contributed by atoms with Crippen LogP contribution >= 0.6 is 11.6 Å². The van der Waals surface area contributed by atoms with Crippen molar-refractivity contribution in [2.24, 2.45) is 10.4 Å². The monoisotopic (exact) mass is 473 g/mol. The highest BCUT2D eigenvalue weighted by molar-refractivity contribution is 6.30. The molecule has 0 aliphatic carbocycles. The number of hydrogen-bond acceptors (Lipinski definition) is 5. The smallest absolute Gasteiger partial charge is 0.259 e. The molecular weight excluding hydrogens is 446 g/mol. The van der Waals surface area contributed by atoms with E-state index in [9.17, 15) is 10.1 Å². The number of halogens is 1. The summed E-state index contributed by atoms with van der Waals surface area (Å²) >= 11 is 6.07. The van der Waals surface area contributed by atoms with E-state index < -0.39 is 0 Å². The number of carbonyl (C=O) groups is 1. The van der Waals surface area contributed by atoms with Gasteiger partial charge in [-0.25, -0.2) is 0 Å². The molecule has 0 radical (unpaired) electrons. The number of aliphatic imine (C=N–C) groups is 1.